The molecule has 3 aromatic rings. The van der Waals surface area contributed by atoms with Crippen molar-refractivity contribution in [3.05, 3.63) is 89.7 Å². The highest BCUT2D eigenvalue weighted by Gasteiger charge is 2.23. The Morgan fingerprint density at radius 1 is 0.906 bits per heavy atom. The topological polar surface area (TPSA) is 74.8 Å². The Balaban J connectivity index is 1.25. The van der Waals surface area contributed by atoms with Gasteiger partial charge in [0.2, 0.25) is 0 Å². The van der Waals surface area contributed by atoms with E-state index in [0.717, 1.165) is 31.0 Å². The predicted octanol–water partition coefficient (Wildman–Crippen LogP) is 3.96. The van der Waals surface area contributed by atoms with Crippen molar-refractivity contribution in [3.63, 3.8) is 0 Å². The number of nitrogens with zero attached hydrogens (tertiary/aromatic N) is 3. The van der Waals surface area contributed by atoms with Crippen LogP contribution in [-0.4, -0.2) is 53.0 Å². The van der Waals surface area contributed by atoms with Crippen LogP contribution in [0.3, 0.4) is 0 Å². The molecule has 0 unspecified atom stereocenters. The van der Waals surface area contributed by atoms with E-state index in [1.54, 1.807) is 41.3 Å². The van der Waals surface area contributed by atoms with Gasteiger partial charge in [-0.3, -0.25) is 14.7 Å². The first kappa shape index (κ1) is 21.5. The molecule has 0 spiro atoms. The number of nitrogens with one attached hydrogen (secondary N) is 1. The summed E-state index contributed by atoms with van der Waals surface area (Å²) in [6, 6.07) is 21.8. The van der Waals surface area contributed by atoms with Crippen LogP contribution >= 0.6 is 0 Å². The fourth-order valence-electron chi connectivity index (χ4n) is 3.57. The minimum atomic E-state index is -0.362. The molecule has 1 fully saturated rings. The van der Waals surface area contributed by atoms with Gasteiger partial charge in [0.25, 0.3) is 5.91 Å². The molecule has 2 amide bonds. The number of amides is 2. The van der Waals surface area contributed by atoms with Crippen LogP contribution in [0.4, 0.5) is 10.5 Å². The van der Waals surface area contributed by atoms with Gasteiger partial charge in [-0.2, -0.15) is 0 Å². The number of rotatable bonds is 5. The Kier molecular flexibility index (Phi) is 6.77. The van der Waals surface area contributed by atoms with Crippen LogP contribution in [0.5, 0.6) is 5.75 Å². The van der Waals surface area contributed by atoms with E-state index in [1.165, 1.54) is 0 Å². The third kappa shape index (κ3) is 5.70. The largest absolute Gasteiger partial charge is 0.415 e. The number of carbonyl (C=O) groups is 2. The highest BCUT2D eigenvalue weighted by molar-refractivity contribution is 6.04. The summed E-state index contributed by atoms with van der Waals surface area (Å²) in [5.41, 5.74) is 3.27. The average molecular weight is 431 g/mol. The highest BCUT2D eigenvalue weighted by atomic mass is 16.6. The van der Waals surface area contributed by atoms with E-state index in [2.05, 4.69) is 15.2 Å². The Labute approximate surface area is 187 Å². The number of anilines is 1. The highest BCUT2D eigenvalue weighted by Crippen LogP contribution is 2.18. The lowest BCUT2D eigenvalue weighted by Gasteiger charge is -2.33. The van der Waals surface area contributed by atoms with Crippen molar-refractivity contribution < 1.29 is 14.3 Å². The van der Waals surface area contributed by atoms with Gasteiger partial charge in [0, 0.05) is 49.7 Å². The molecule has 1 N–H and O–H groups in total. The van der Waals surface area contributed by atoms with Gasteiger partial charge in [0.15, 0.2) is 0 Å². The van der Waals surface area contributed by atoms with E-state index in [9.17, 15) is 9.59 Å². The normalized spacial score (nSPS) is 14.1. The van der Waals surface area contributed by atoms with Crippen LogP contribution in [0.25, 0.3) is 0 Å². The summed E-state index contributed by atoms with van der Waals surface area (Å²) in [7, 11) is 0. The molecule has 1 aromatic heterocycles. The van der Waals surface area contributed by atoms with Gasteiger partial charge >= 0.3 is 6.09 Å². The molecule has 0 aliphatic carbocycles. The number of aromatic nitrogens is 1. The first-order valence-corrected chi connectivity index (χ1v) is 10.6. The fourth-order valence-corrected chi connectivity index (χ4v) is 3.57. The molecule has 2 aromatic carbocycles. The standard InChI is InChI=1S/C25H26N4O3/c1-19-6-5-9-22(26-19)18-28-14-16-29(17-15-28)25(31)32-23-12-10-21(11-13-23)27-24(30)20-7-3-2-4-8-20/h2-13H,14-18H2,1H3,(H,27,30). The van der Waals surface area contributed by atoms with Crippen molar-refractivity contribution >= 4 is 17.7 Å². The zero-order chi connectivity index (χ0) is 22.3. The molecule has 1 aliphatic rings. The van der Waals surface area contributed by atoms with Gasteiger partial charge in [0.05, 0.1) is 5.69 Å². The van der Waals surface area contributed by atoms with E-state index in [4.69, 9.17) is 4.74 Å². The van der Waals surface area contributed by atoms with Crippen LogP contribution in [0.1, 0.15) is 21.7 Å². The van der Waals surface area contributed by atoms with Crippen LogP contribution in [0, 0.1) is 6.92 Å². The molecule has 7 nitrogen and oxygen atoms in total. The Hall–Kier alpha value is -3.71. The summed E-state index contributed by atoms with van der Waals surface area (Å²) < 4.78 is 5.51. The van der Waals surface area contributed by atoms with Crippen molar-refractivity contribution in [2.75, 3.05) is 31.5 Å². The molecule has 7 heteroatoms. The second kappa shape index (κ2) is 10.1. The van der Waals surface area contributed by atoms with E-state index in [1.807, 2.05) is 43.3 Å². The number of carbonyl (C=O) groups excluding carboxylic acids is 2. The first-order chi connectivity index (χ1) is 15.6. The average Bonchev–Trinajstić information content (AvgIpc) is 2.81. The number of piperazine rings is 1. The molecule has 1 saturated heterocycles. The number of hydrogen-bond acceptors (Lipinski definition) is 5. The lowest BCUT2D eigenvalue weighted by Crippen LogP contribution is -2.49. The summed E-state index contributed by atoms with van der Waals surface area (Å²) in [6.07, 6.45) is -0.362. The summed E-state index contributed by atoms with van der Waals surface area (Å²) in [5, 5.41) is 2.83. The van der Waals surface area contributed by atoms with Gasteiger partial charge in [-0.25, -0.2) is 4.79 Å². The molecule has 32 heavy (non-hydrogen) atoms. The molecule has 164 valence electrons. The number of pyridine rings is 1. The monoisotopic (exact) mass is 430 g/mol. The van der Waals surface area contributed by atoms with Gasteiger partial charge in [-0.15, -0.1) is 0 Å². The van der Waals surface area contributed by atoms with Gasteiger partial charge in [0.1, 0.15) is 5.75 Å². The van der Waals surface area contributed by atoms with Crippen LogP contribution in [0.2, 0.25) is 0 Å². The minimum Gasteiger partial charge on any atom is -0.410 e. The molecular formula is C25H26N4O3. The summed E-state index contributed by atoms with van der Waals surface area (Å²) in [6.45, 7) is 5.53. The van der Waals surface area contributed by atoms with E-state index in [-0.39, 0.29) is 12.0 Å². The van der Waals surface area contributed by atoms with Gasteiger partial charge < -0.3 is 15.0 Å². The fraction of sp³-hybridized carbons (Fsp3) is 0.240. The van der Waals surface area contributed by atoms with Crippen LogP contribution < -0.4 is 10.1 Å². The molecule has 2 heterocycles. The lowest BCUT2D eigenvalue weighted by molar-refractivity contribution is 0.102. The molecule has 1 aliphatic heterocycles. The quantitative estimate of drug-likeness (QED) is 0.663. The Bertz CT molecular complexity index is 1060. The zero-order valence-corrected chi connectivity index (χ0v) is 18.0. The van der Waals surface area contributed by atoms with E-state index in [0.29, 0.717) is 30.1 Å². The predicted molar refractivity (Wildman–Crippen MR) is 123 cm³/mol. The van der Waals surface area contributed by atoms with Crippen molar-refractivity contribution in [2.45, 2.75) is 13.5 Å². The summed E-state index contributed by atoms with van der Waals surface area (Å²) in [4.78, 5) is 33.3. The second-order valence-electron chi connectivity index (χ2n) is 7.75. The Morgan fingerprint density at radius 3 is 2.31 bits per heavy atom. The zero-order valence-electron chi connectivity index (χ0n) is 18.0. The number of benzene rings is 2. The summed E-state index contributed by atoms with van der Waals surface area (Å²) >= 11 is 0. The lowest BCUT2D eigenvalue weighted by atomic mass is 10.2. The molecular weight excluding hydrogens is 404 g/mol. The van der Waals surface area contributed by atoms with E-state index >= 15 is 0 Å². The van der Waals surface area contributed by atoms with Gasteiger partial charge in [-0.05, 0) is 55.5 Å². The van der Waals surface area contributed by atoms with Gasteiger partial charge in [-0.1, -0.05) is 24.3 Å². The third-order valence-electron chi connectivity index (χ3n) is 5.32. The third-order valence-corrected chi connectivity index (χ3v) is 5.32. The van der Waals surface area contributed by atoms with Crippen molar-refractivity contribution in [1.29, 1.82) is 0 Å². The molecule has 0 atom stereocenters. The molecule has 0 bridgehead atoms. The van der Waals surface area contributed by atoms with Crippen molar-refractivity contribution in [3.8, 4) is 5.75 Å². The minimum absolute atomic E-state index is 0.186. The number of aryl methyl sites for hydroxylation is 1. The van der Waals surface area contributed by atoms with E-state index < -0.39 is 0 Å². The molecule has 0 radical (unpaired) electrons. The van der Waals surface area contributed by atoms with Crippen LogP contribution in [-0.2, 0) is 6.54 Å². The molecule has 4 rings (SSSR count). The number of ether oxygens (including phenoxy) is 1. The second-order valence-corrected chi connectivity index (χ2v) is 7.75. The van der Waals surface area contributed by atoms with Crippen molar-refractivity contribution in [2.24, 2.45) is 0 Å². The maximum atomic E-state index is 12.5. The first-order valence-electron chi connectivity index (χ1n) is 10.6. The van der Waals surface area contributed by atoms with Crippen molar-refractivity contribution in [1.82, 2.24) is 14.8 Å². The maximum Gasteiger partial charge on any atom is 0.415 e. The Morgan fingerprint density at radius 2 is 1.62 bits per heavy atom. The maximum absolute atomic E-state index is 12.5. The van der Waals surface area contributed by atoms with Crippen LogP contribution in [0.15, 0.2) is 72.8 Å². The summed E-state index contributed by atoms with van der Waals surface area (Å²) in [5.74, 6) is 0.258. The number of hydrogen-bond donors (Lipinski definition) is 1. The smallest absolute Gasteiger partial charge is 0.410 e. The SMILES string of the molecule is Cc1cccc(CN2CCN(C(=O)Oc3ccc(NC(=O)c4ccccc4)cc3)CC2)n1. The molecule has 0 saturated carbocycles.